The number of hydrogen-bond acceptors (Lipinski definition) is 1. The van der Waals surface area contributed by atoms with Crippen LogP contribution in [-0.2, 0) is 13.0 Å². The number of aryl methyl sites for hydroxylation is 1. The highest BCUT2D eigenvalue weighted by atomic mass is 19.3. The van der Waals surface area contributed by atoms with Crippen molar-refractivity contribution in [3.63, 3.8) is 0 Å². The van der Waals surface area contributed by atoms with Gasteiger partial charge in [0.15, 0.2) is 0 Å². The van der Waals surface area contributed by atoms with E-state index in [0.29, 0.717) is 13.0 Å². The van der Waals surface area contributed by atoms with E-state index in [1.807, 2.05) is 25.1 Å². The summed E-state index contributed by atoms with van der Waals surface area (Å²) in [4.78, 5) is 0. The molecule has 1 unspecified atom stereocenters. The van der Waals surface area contributed by atoms with E-state index in [-0.39, 0.29) is 0 Å². The molecule has 0 bridgehead atoms. The molecule has 1 aliphatic heterocycles. The minimum atomic E-state index is -2.27. The zero-order valence-corrected chi connectivity index (χ0v) is 8.06. The topological polar surface area (TPSA) is 12.0 Å². The van der Waals surface area contributed by atoms with E-state index >= 15 is 0 Å². The molecule has 0 fully saturated rings. The van der Waals surface area contributed by atoms with Gasteiger partial charge in [0.05, 0.1) is 6.04 Å². The summed E-state index contributed by atoms with van der Waals surface area (Å²) in [6.45, 7) is 2.58. The third-order valence-electron chi connectivity index (χ3n) is 2.79. The first-order chi connectivity index (χ1) is 6.68. The fourth-order valence-corrected chi connectivity index (χ4v) is 1.93. The van der Waals surface area contributed by atoms with Crippen molar-refractivity contribution in [1.82, 2.24) is 5.32 Å². The number of rotatable bonds is 1. The van der Waals surface area contributed by atoms with Gasteiger partial charge in [-0.1, -0.05) is 18.2 Å². The number of halogens is 2. The Morgan fingerprint density at radius 1 is 1.43 bits per heavy atom. The van der Waals surface area contributed by atoms with Gasteiger partial charge in [-0.05, 0) is 30.0 Å². The van der Waals surface area contributed by atoms with E-state index in [9.17, 15) is 8.78 Å². The molecule has 0 spiro atoms. The summed E-state index contributed by atoms with van der Waals surface area (Å²) in [5.41, 5.74) is 3.43. The molecule has 1 aromatic carbocycles. The van der Waals surface area contributed by atoms with E-state index < -0.39 is 12.5 Å². The second-order valence-electron chi connectivity index (χ2n) is 3.74. The van der Waals surface area contributed by atoms with Gasteiger partial charge in [-0.3, -0.25) is 0 Å². The largest absolute Gasteiger partial charge is 0.304 e. The Morgan fingerprint density at radius 2 is 2.21 bits per heavy atom. The van der Waals surface area contributed by atoms with Crippen LogP contribution in [-0.4, -0.2) is 12.5 Å². The van der Waals surface area contributed by atoms with Gasteiger partial charge in [0.2, 0.25) is 0 Å². The van der Waals surface area contributed by atoms with Gasteiger partial charge in [-0.15, -0.1) is 0 Å². The van der Waals surface area contributed by atoms with Crippen molar-refractivity contribution in [2.24, 2.45) is 0 Å². The van der Waals surface area contributed by atoms with E-state index in [1.54, 1.807) is 0 Å². The van der Waals surface area contributed by atoms with Gasteiger partial charge in [0, 0.05) is 6.54 Å². The molecule has 0 saturated heterocycles. The molecule has 1 atom stereocenters. The van der Waals surface area contributed by atoms with Crippen LogP contribution in [0, 0.1) is 6.92 Å². The highest BCUT2D eigenvalue weighted by Crippen LogP contribution is 2.22. The van der Waals surface area contributed by atoms with Gasteiger partial charge in [0.25, 0.3) is 6.43 Å². The zero-order chi connectivity index (χ0) is 10.1. The third-order valence-corrected chi connectivity index (χ3v) is 2.79. The lowest BCUT2D eigenvalue weighted by molar-refractivity contribution is 0.0941. The molecule has 3 heteroatoms. The lowest BCUT2D eigenvalue weighted by Crippen LogP contribution is -2.41. The third kappa shape index (κ3) is 1.64. The minimum Gasteiger partial charge on any atom is -0.304 e. The standard InChI is InChI=1S/C11H13F2N/c1-7-3-2-4-8-5-10(11(12)13)14-6-9(7)8/h2-4,10-11,14H,5-6H2,1H3. The molecule has 0 saturated carbocycles. The fourth-order valence-electron chi connectivity index (χ4n) is 1.93. The molecule has 0 amide bonds. The summed E-state index contributed by atoms with van der Waals surface area (Å²) in [6.07, 6.45) is -1.84. The van der Waals surface area contributed by atoms with Crippen LogP contribution >= 0.6 is 0 Å². The molecule has 0 aromatic heterocycles. The Morgan fingerprint density at radius 3 is 2.93 bits per heavy atom. The second-order valence-corrected chi connectivity index (χ2v) is 3.74. The van der Waals surface area contributed by atoms with Gasteiger partial charge < -0.3 is 5.32 Å². The first kappa shape index (κ1) is 9.59. The molecule has 76 valence electrons. The van der Waals surface area contributed by atoms with E-state index in [1.165, 1.54) is 11.1 Å². The Bertz CT molecular complexity index is 336. The number of alkyl halides is 2. The quantitative estimate of drug-likeness (QED) is 0.728. The van der Waals surface area contributed by atoms with E-state index in [2.05, 4.69) is 5.32 Å². The average Bonchev–Trinajstić information content (AvgIpc) is 2.17. The number of hydrogen-bond donors (Lipinski definition) is 1. The fraction of sp³-hybridized carbons (Fsp3) is 0.455. The van der Waals surface area contributed by atoms with Gasteiger partial charge in [-0.2, -0.15) is 0 Å². The SMILES string of the molecule is Cc1cccc2c1CNC(C(F)F)C2. The molecular weight excluding hydrogens is 184 g/mol. The lowest BCUT2D eigenvalue weighted by atomic mass is 9.93. The van der Waals surface area contributed by atoms with Crippen LogP contribution in [0.25, 0.3) is 0 Å². The van der Waals surface area contributed by atoms with Gasteiger partial charge in [0.1, 0.15) is 0 Å². The number of benzene rings is 1. The van der Waals surface area contributed by atoms with Crippen molar-refractivity contribution in [2.75, 3.05) is 0 Å². The summed E-state index contributed by atoms with van der Waals surface area (Å²) in [5, 5.41) is 2.87. The van der Waals surface area contributed by atoms with E-state index in [0.717, 1.165) is 5.56 Å². The molecular formula is C11H13F2N. The highest BCUT2D eigenvalue weighted by Gasteiger charge is 2.25. The molecule has 0 radical (unpaired) electrons. The first-order valence-electron chi connectivity index (χ1n) is 4.77. The van der Waals surface area contributed by atoms with Crippen molar-refractivity contribution >= 4 is 0 Å². The Kier molecular flexibility index (Phi) is 2.50. The minimum absolute atomic E-state index is 0.439. The summed E-state index contributed by atoms with van der Waals surface area (Å²) in [5.74, 6) is 0. The molecule has 1 aromatic rings. The Balaban J connectivity index is 2.27. The van der Waals surface area contributed by atoms with Crippen molar-refractivity contribution in [3.05, 3.63) is 34.9 Å². The van der Waals surface area contributed by atoms with Gasteiger partial charge in [-0.25, -0.2) is 8.78 Å². The second kappa shape index (κ2) is 3.65. The Hall–Kier alpha value is -0.960. The maximum atomic E-state index is 12.5. The molecule has 1 N–H and O–H groups in total. The predicted octanol–water partition coefficient (Wildman–Crippen LogP) is 2.27. The number of fused-ring (bicyclic) bond motifs is 1. The normalized spacial score (nSPS) is 21.0. The van der Waals surface area contributed by atoms with Crippen molar-refractivity contribution in [1.29, 1.82) is 0 Å². The zero-order valence-electron chi connectivity index (χ0n) is 8.06. The summed E-state index contributed by atoms with van der Waals surface area (Å²) < 4.78 is 24.9. The van der Waals surface area contributed by atoms with Crippen LogP contribution in [0.4, 0.5) is 8.78 Å². The Labute approximate surface area is 82.1 Å². The molecule has 0 aliphatic carbocycles. The first-order valence-corrected chi connectivity index (χ1v) is 4.77. The lowest BCUT2D eigenvalue weighted by Gasteiger charge is -2.26. The average molecular weight is 197 g/mol. The molecule has 14 heavy (non-hydrogen) atoms. The monoisotopic (exact) mass is 197 g/mol. The summed E-state index contributed by atoms with van der Waals surface area (Å²) in [7, 11) is 0. The smallest absolute Gasteiger partial charge is 0.254 e. The van der Waals surface area contributed by atoms with Crippen molar-refractivity contribution in [3.8, 4) is 0 Å². The molecule has 2 rings (SSSR count). The maximum absolute atomic E-state index is 12.5. The van der Waals surface area contributed by atoms with E-state index in [4.69, 9.17) is 0 Å². The highest BCUT2D eigenvalue weighted by molar-refractivity contribution is 5.36. The van der Waals surface area contributed by atoms with Crippen LogP contribution in [0.3, 0.4) is 0 Å². The van der Waals surface area contributed by atoms with Crippen LogP contribution in [0.5, 0.6) is 0 Å². The molecule has 1 aliphatic rings. The molecule has 1 heterocycles. The summed E-state index contributed by atoms with van der Waals surface area (Å²) in [6, 6.07) is 5.22. The van der Waals surface area contributed by atoms with Gasteiger partial charge >= 0.3 is 0 Å². The maximum Gasteiger partial charge on any atom is 0.254 e. The van der Waals surface area contributed by atoms with Crippen molar-refractivity contribution < 1.29 is 8.78 Å². The van der Waals surface area contributed by atoms with Crippen LogP contribution < -0.4 is 5.32 Å². The number of nitrogens with one attached hydrogen (secondary N) is 1. The van der Waals surface area contributed by atoms with Crippen LogP contribution in [0.2, 0.25) is 0 Å². The molecule has 1 nitrogen and oxygen atoms in total. The van der Waals surface area contributed by atoms with Crippen molar-refractivity contribution in [2.45, 2.75) is 32.4 Å². The van der Waals surface area contributed by atoms with Crippen LogP contribution in [0.15, 0.2) is 18.2 Å². The summed E-state index contributed by atoms with van der Waals surface area (Å²) >= 11 is 0. The predicted molar refractivity (Wildman–Crippen MR) is 51.5 cm³/mol. The van der Waals surface area contributed by atoms with Crippen LogP contribution in [0.1, 0.15) is 16.7 Å².